The van der Waals surface area contributed by atoms with Gasteiger partial charge in [-0.25, -0.2) is 0 Å². The van der Waals surface area contributed by atoms with Crippen molar-refractivity contribution >= 4 is 0 Å². The number of nitrogens with two attached hydrogens (primary N) is 1. The number of hydrogen-bond acceptors (Lipinski definition) is 4. The summed E-state index contributed by atoms with van der Waals surface area (Å²) in [6, 6.07) is 0.732. The first kappa shape index (κ1) is 13.3. The first-order valence-corrected chi connectivity index (χ1v) is 6.81. The van der Waals surface area contributed by atoms with Crippen LogP contribution in [0.4, 0.5) is 0 Å². The molecular weight excluding hydrogens is 214 g/mol. The van der Waals surface area contributed by atoms with E-state index in [1.807, 2.05) is 0 Å². The molecule has 0 aromatic carbocycles. The molecule has 0 aliphatic carbocycles. The van der Waals surface area contributed by atoms with Gasteiger partial charge in [0, 0.05) is 50.4 Å². The second-order valence-electron chi connectivity index (χ2n) is 6.29. The number of piperazine rings is 1. The Labute approximate surface area is 105 Å². The zero-order valence-electron chi connectivity index (χ0n) is 11.5. The average molecular weight is 241 g/mol. The van der Waals surface area contributed by atoms with Crippen LogP contribution >= 0.6 is 0 Å². The Morgan fingerprint density at radius 3 is 2.29 bits per heavy atom. The van der Waals surface area contributed by atoms with Gasteiger partial charge in [0.05, 0.1) is 6.61 Å². The van der Waals surface area contributed by atoms with E-state index in [0.717, 1.165) is 45.8 Å². The van der Waals surface area contributed by atoms with Crippen LogP contribution in [-0.2, 0) is 4.74 Å². The second kappa shape index (κ2) is 5.22. The minimum absolute atomic E-state index is 0.289. The maximum absolute atomic E-state index is 6.19. The van der Waals surface area contributed by atoms with Crippen LogP contribution < -0.4 is 5.73 Å². The van der Waals surface area contributed by atoms with Gasteiger partial charge in [-0.1, -0.05) is 0 Å². The molecule has 0 spiro atoms. The van der Waals surface area contributed by atoms with Crippen LogP contribution in [0.2, 0.25) is 0 Å². The van der Waals surface area contributed by atoms with Gasteiger partial charge in [-0.2, -0.15) is 0 Å². The molecule has 2 fully saturated rings. The zero-order chi connectivity index (χ0) is 12.5. The van der Waals surface area contributed by atoms with Gasteiger partial charge in [-0.05, 0) is 27.2 Å². The highest BCUT2D eigenvalue weighted by Crippen LogP contribution is 2.19. The smallest absolute Gasteiger partial charge is 0.0636 e. The molecular formula is C13H27N3O. The van der Waals surface area contributed by atoms with E-state index >= 15 is 0 Å². The van der Waals surface area contributed by atoms with Crippen molar-refractivity contribution in [1.82, 2.24) is 9.80 Å². The molecule has 2 N–H and O–H groups in total. The Balaban J connectivity index is 1.86. The van der Waals surface area contributed by atoms with Crippen molar-refractivity contribution in [3.8, 4) is 0 Å². The SMILES string of the molecule is CC(C)(C)N1CCN(C2COCCC2N)CC1. The summed E-state index contributed by atoms with van der Waals surface area (Å²) < 4.78 is 5.56. The van der Waals surface area contributed by atoms with Gasteiger partial charge in [0.25, 0.3) is 0 Å². The summed E-state index contributed by atoms with van der Waals surface area (Å²) in [6.07, 6.45) is 1.00. The van der Waals surface area contributed by atoms with Crippen molar-refractivity contribution in [1.29, 1.82) is 0 Å². The van der Waals surface area contributed by atoms with Gasteiger partial charge in [0.1, 0.15) is 0 Å². The lowest BCUT2D eigenvalue weighted by atomic mass is 10.0. The lowest BCUT2D eigenvalue weighted by molar-refractivity contribution is -0.0247. The van der Waals surface area contributed by atoms with Gasteiger partial charge >= 0.3 is 0 Å². The van der Waals surface area contributed by atoms with E-state index in [1.165, 1.54) is 0 Å². The Morgan fingerprint density at radius 1 is 1.12 bits per heavy atom. The quantitative estimate of drug-likeness (QED) is 0.727. The highest BCUT2D eigenvalue weighted by molar-refractivity contribution is 4.89. The van der Waals surface area contributed by atoms with E-state index in [1.54, 1.807) is 0 Å². The normalized spacial score (nSPS) is 33.9. The number of rotatable bonds is 1. The molecule has 0 amide bonds. The number of ether oxygens (including phenoxy) is 1. The van der Waals surface area contributed by atoms with Crippen LogP contribution in [0.25, 0.3) is 0 Å². The van der Waals surface area contributed by atoms with Crippen LogP contribution in [-0.4, -0.2) is 66.8 Å². The molecule has 0 saturated carbocycles. The van der Waals surface area contributed by atoms with Crippen molar-refractivity contribution in [3.63, 3.8) is 0 Å². The standard InChI is InChI=1S/C13H27N3O/c1-13(2,3)16-7-5-15(6-8-16)12-10-17-9-4-11(12)14/h11-12H,4-10,14H2,1-3H3. The molecule has 2 atom stereocenters. The largest absolute Gasteiger partial charge is 0.380 e. The van der Waals surface area contributed by atoms with Crippen molar-refractivity contribution in [3.05, 3.63) is 0 Å². The van der Waals surface area contributed by atoms with Crippen molar-refractivity contribution in [2.75, 3.05) is 39.4 Å². The topological polar surface area (TPSA) is 41.7 Å². The van der Waals surface area contributed by atoms with Gasteiger partial charge < -0.3 is 10.5 Å². The van der Waals surface area contributed by atoms with Crippen LogP contribution in [0, 0.1) is 0 Å². The average Bonchev–Trinajstić information content (AvgIpc) is 2.29. The van der Waals surface area contributed by atoms with E-state index in [4.69, 9.17) is 10.5 Å². The summed E-state index contributed by atoms with van der Waals surface area (Å²) in [5.41, 5.74) is 6.48. The first-order valence-electron chi connectivity index (χ1n) is 6.81. The van der Waals surface area contributed by atoms with Crippen molar-refractivity contribution in [2.24, 2.45) is 5.73 Å². The fourth-order valence-corrected chi connectivity index (χ4v) is 2.84. The molecule has 17 heavy (non-hydrogen) atoms. The molecule has 2 rings (SSSR count). The maximum atomic E-state index is 6.19. The molecule has 0 aromatic heterocycles. The van der Waals surface area contributed by atoms with Gasteiger partial charge in [0.2, 0.25) is 0 Å². The summed E-state index contributed by atoms with van der Waals surface area (Å²) >= 11 is 0. The first-order chi connectivity index (χ1) is 7.98. The molecule has 2 aliphatic heterocycles. The van der Waals surface area contributed by atoms with E-state index in [2.05, 4.69) is 30.6 Å². The fourth-order valence-electron chi connectivity index (χ4n) is 2.84. The van der Waals surface area contributed by atoms with E-state index in [-0.39, 0.29) is 5.54 Å². The molecule has 2 saturated heterocycles. The molecule has 100 valence electrons. The third kappa shape index (κ3) is 3.19. The van der Waals surface area contributed by atoms with Crippen molar-refractivity contribution < 1.29 is 4.74 Å². The summed E-state index contributed by atoms with van der Waals surface area (Å²) in [7, 11) is 0. The molecule has 4 nitrogen and oxygen atoms in total. The van der Waals surface area contributed by atoms with Gasteiger partial charge in [0.15, 0.2) is 0 Å². The highest BCUT2D eigenvalue weighted by atomic mass is 16.5. The molecule has 0 aromatic rings. The lowest BCUT2D eigenvalue weighted by Gasteiger charge is -2.46. The monoisotopic (exact) mass is 241 g/mol. The van der Waals surface area contributed by atoms with Crippen molar-refractivity contribution in [2.45, 2.75) is 44.8 Å². The lowest BCUT2D eigenvalue weighted by Crippen LogP contribution is -2.61. The van der Waals surface area contributed by atoms with Crippen LogP contribution in [0.1, 0.15) is 27.2 Å². The van der Waals surface area contributed by atoms with E-state index < -0.39 is 0 Å². The highest BCUT2D eigenvalue weighted by Gasteiger charge is 2.32. The molecule has 2 aliphatic rings. The van der Waals surface area contributed by atoms with E-state index in [0.29, 0.717) is 12.1 Å². The Bertz CT molecular complexity index is 244. The van der Waals surface area contributed by atoms with E-state index in [9.17, 15) is 0 Å². The third-order valence-corrected chi connectivity index (χ3v) is 4.11. The Kier molecular flexibility index (Phi) is 4.08. The predicted octanol–water partition coefficient (Wildman–Crippen LogP) is 0.519. The molecule has 0 bridgehead atoms. The maximum Gasteiger partial charge on any atom is 0.0636 e. The number of nitrogens with zero attached hydrogens (tertiary/aromatic N) is 2. The second-order valence-corrected chi connectivity index (χ2v) is 6.29. The Hall–Kier alpha value is -0.160. The summed E-state index contributed by atoms with van der Waals surface area (Å²) in [5.74, 6) is 0. The summed E-state index contributed by atoms with van der Waals surface area (Å²) in [5, 5.41) is 0. The zero-order valence-corrected chi connectivity index (χ0v) is 11.5. The minimum atomic E-state index is 0.289. The van der Waals surface area contributed by atoms with Crippen LogP contribution in [0.5, 0.6) is 0 Å². The molecule has 0 radical (unpaired) electrons. The summed E-state index contributed by atoms with van der Waals surface area (Å²) in [6.45, 7) is 13.1. The Morgan fingerprint density at radius 2 is 1.76 bits per heavy atom. The molecule has 4 heteroatoms. The van der Waals surface area contributed by atoms with Gasteiger partial charge in [-0.3, -0.25) is 9.80 Å². The van der Waals surface area contributed by atoms with Crippen LogP contribution in [0.3, 0.4) is 0 Å². The van der Waals surface area contributed by atoms with Gasteiger partial charge in [-0.15, -0.1) is 0 Å². The minimum Gasteiger partial charge on any atom is -0.380 e. The number of hydrogen-bond donors (Lipinski definition) is 1. The third-order valence-electron chi connectivity index (χ3n) is 4.11. The molecule has 2 heterocycles. The molecule has 2 unspecified atom stereocenters. The predicted molar refractivity (Wildman–Crippen MR) is 70.1 cm³/mol. The fraction of sp³-hybridized carbons (Fsp3) is 1.00. The summed E-state index contributed by atoms with van der Waals surface area (Å²) in [4.78, 5) is 5.07. The van der Waals surface area contributed by atoms with Crippen LogP contribution in [0.15, 0.2) is 0 Å².